The van der Waals surface area contributed by atoms with Crippen LogP contribution in [0.1, 0.15) is 23.0 Å². The van der Waals surface area contributed by atoms with Crippen LogP contribution in [0.5, 0.6) is 0 Å². The molecule has 0 saturated carbocycles. The van der Waals surface area contributed by atoms with Crippen molar-refractivity contribution in [2.75, 3.05) is 27.8 Å². The molecule has 1 atom stereocenters. The number of nitrogens with zero attached hydrogens (tertiary/aromatic N) is 1. The number of carbonyl (C=O) groups is 3. The van der Waals surface area contributed by atoms with Gasteiger partial charge in [-0.15, -0.1) is 0 Å². The molecule has 1 aromatic heterocycles. The number of methoxy groups -OCH3 is 1. The van der Waals surface area contributed by atoms with Crippen molar-refractivity contribution in [3.63, 3.8) is 0 Å². The summed E-state index contributed by atoms with van der Waals surface area (Å²) in [6, 6.07) is 8.58. The van der Waals surface area contributed by atoms with Crippen LogP contribution in [0, 0.1) is 0 Å². The minimum absolute atomic E-state index is 0.278. The average molecular weight is 403 g/mol. The minimum atomic E-state index is -1.93. The predicted molar refractivity (Wildman–Crippen MR) is 104 cm³/mol. The Hall–Kier alpha value is -3.17. The molecule has 0 aliphatic heterocycles. The fourth-order valence-corrected chi connectivity index (χ4v) is 2.83. The third-order valence-corrected chi connectivity index (χ3v) is 4.86. The van der Waals surface area contributed by atoms with E-state index in [1.807, 2.05) is 6.07 Å². The van der Waals surface area contributed by atoms with Gasteiger partial charge in [-0.05, 0) is 30.7 Å². The highest BCUT2D eigenvalue weighted by Crippen LogP contribution is 2.24. The number of nitrogens with one attached hydrogen (secondary N) is 2. The molecule has 0 radical (unpaired) electrons. The van der Waals surface area contributed by atoms with Crippen molar-refractivity contribution in [2.24, 2.45) is 0 Å². The summed E-state index contributed by atoms with van der Waals surface area (Å²) in [6.45, 7) is 1.80. The minimum Gasteiger partial charge on any atom is -0.469 e. The van der Waals surface area contributed by atoms with Gasteiger partial charge < -0.3 is 19.4 Å². The molecule has 9 nitrogen and oxygen atoms in total. The first-order valence-electron chi connectivity index (χ1n) is 8.91. The molecule has 156 valence electrons. The molecule has 3 amide bonds. The van der Waals surface area contributed by atoms with Crippen LogP contribution in [0.2, 0.25) is 0 Å². The number of rotatable bonds is 8. The van der Waals surface area contributed by atoms with E-state index in [4.69, 9.17) is 14.4 Å². The lowest BCUT2D eigenvalue weighted by Gasteiger charge is -2.34. The van der Waals surface area contributed by atoms with E-state index in [9.17, 15) is 14.4 Å². The maximum absolute atomic E-state index is 12.9. The molecule has 2 rings (SSSR count). The molecule has 0 aliphatic rings. The van der Waals surface area contributed by atoms with Crippen molar-refractivity contribution in [2.45, 2.75) is 18.9 Å². The third kappa shape index (κ3) is 4.47. The summed E-state index contributed by atoms with van der Waals surface area (Å²) in [7, 11) is 4.28. The van der Waals surface area contributed by atoms with E-state index < -0.39 is 23.3 Å². The summed E-state index contributed by atoms with van der Waals surface area (Å²) in [5.41, 5.74) is 1.50. The molecule has 0 bridgehead atoms. The molecule has 0 saturated heterocycles. The van der Waals surface area contributed by atoms with Gasteiger partial charge in [-0.3, -0.25) is 19.6 Å². The molecule has 0 fully saturated rings. The molecule has 2 aromatic rings. The molecule has 0 spiro atoms. The first-order chi connectivity index (χ1) is 13.8. The summed E-state index contributed by atoms with van der Waals surface area (Å²) in [5, 5.41) is 11.3. The second kappa shape index (κ2) is 9.35. The second-order valence-electron chi connectivity index (χ2n) is 6.58. The summed E-state index contributed by atoms with van der Waals surface area (Å²) in [4.78, 5) is 38.2. The van der Waals surface area contributed by atoms with Crippen molar-refractivity contribution in [1.29, 1.82) is 0 Å². The van der Waals surface area contributed by atoms with Crippen LogP contribution >= 0.6 is 0 Å². The number of amides is 3. The lowest BCUT2D eigenvalue weighted by atomic mass is 9.96. The first-order valence-corrected chi connectivity index (χ1v) is 8.91. The van der Waals surface area contributed by atoms with Crippen LogP contribution in [0.3, 0.4) is 0 Å². The van der Waals surface area contributed by atoms with Gasteiger partial charge in [0.2, 0.25) is 0 Å². The van der Waals surface area contributed by atoms with Crippen LogP contribution in [-0.4, -0.2) is 61.2 Å². The number of likely N-dealkylation sites (N-methyl/N-ethyl adjacent to an activating group) is 2. The molecule has 3 N–H and O–H groups in total. The fourth-order valence-electron chi connectivity index (χ4n) is 2.83. The largest absolute Gasteiger partial charge is 0.469 e. The van der Waals surface area contributed by atoms with Gasteiger partial charge in [-0.25, -0.2) is 5.48 Å². The molecule has 1 heterocycles. The van der Waals surface area contributed by atoms with Gasteiger partial charge >= 0.3 is 0 Å². The van der Waals surface area contributed by atoms with Crippen molar-refractivity contribution >= 4 is 17.7 Å². The monoisotopic (exact) mass is 403 g/mol. The van der Waals surface area contributed by atoms with E-state index in [0.717, 1.165) is 21.8 Å². The number of hydrogen-bond acceptors (Lipinski definition) is 6. The van der Waals surface area contributed by atoms with Gasteiger partial charge in [-0.2, -0.15) is 0 Å². The van der Waals surface area contributed by atoms with E-state index in [2.05, 4.69) is 5.32 Å². The highest BCUT2D eigenvalue weighted by Gasteiger charge is 2.47. The fraction of sp³-hybridized carbons (Fsp3) is 0.350. The van der Waals surface area contributed by atoms with Crippen LogP contribution in [0.25, 0.3) is 11.1 Å². The number of hydroxylamine groups is 1. The quantitative estimate of drug-likeness (QED) is 0.346. The number of furan rings is 1. The topological polar surface area (TPSA) is 121 Å². The number of benzene rings is 1. The Morgan fingerprint density at radius 3 is 2.38 bits per heavy atom. The van der Waals surface area contributed by atoms with Crippen molar-refractivity contribution in [3.8, 4) is 11.1 Å². The zero-order valence-corrected chi connectivity index (χ0v) is 16.8. The van der Waals surface area contributed by atoms with Crippen LogP contribution in [0.15, 0.2) is 41.0 Å². The summed E-state index contributed by atoms with van der Waals surface area (Å²) < 4.78 is 10.5. The zero-order chi connectivity index (χ0) is 21.6. The van der Waals surface area contributed by atoms with Gasteiger partial charge in [0.1, 0.15) is 5.76 Å². The van der Waals surface area contributed by atoms with Gasteiger partial charge in [0, 0.05) is 38.8 Å². The van der Waals surface area contributed by atoms with E-state index in [1.165, 1.54) is 26.5 Å². The summed E-state index contributed by atoms with van der Waals surface area (Å²) in [6.07, 6.45) is 2.28. The second-order valence-corrected chi connectivity index (χ2v) is 6.58. The lowest BCUT2D eigenvalue weighted by molar-refractivity contribution is -0.148. The Kier molecular flexibility index (Phi) is 7.13. The van der Waals surface area contributed by atoms with Gasteiger partial charge in [0.15, 0.2) is 5.54 Å². The summed E-state index contributed by atoms with van der Waals surface area (Å²) >= 11 is 0. The SMILES string of the molecule is CNC(=O)[C@@](C)(C(=O)NO)N(C)C(=O)c1ccc(-c2coc(CCOC)c2)cc1. The van der Waals surface area contributed by atoms with E-state index in [1.54, 1.807) is 37.6 Å². The van der Waals surface area contributed by atoms with Crippen molar-refractivity contribution < 1.29 is 28.7 Å². The average Bonchev–Trinajstić information content (AvgIpc) is 3.23. The standard InChI is InChI=1S/C20H25N3O6/c1-20(18(25)21-2,19(26)22-27)23(3)17(24)14-7-5-13(6-8-14)15-11-16(29-12-15)9-10-28-4/h5-8,11-12,27H,9-10H2,1-4H3,(H,21,25)(H,22,26)/t20-/m0/s1. The summed E-state index contributed by atoms with van der Waals surface area (Å²) in [5.74, 6) is -1.53. The smallest absolute Gasteiger partial charge is 0.278 e. The third-order valence-electron chi connectivity index (χ3n) is 4.86. The Labute approximate surface area is 168 Å². The van der Waals surface area contributed by atoms with Crippen LogP contribution < -0.4 is 10.8 Å². The number of hydrogen-bond donors (Lipinski definition) is 3. The zero-order valence-electron chi connectivity index (χ0n) is 16.8. The predicted octanol–water partition coefficient (Wildman–Crippen LogP) is 1.22. The highest BCUT2D eigenvalue weighted by molar-refractivity contribution is 6.12. The lowest BCUT2D eigenvalue weighted by Crippen LogP contribution is -2.64. The molecule has 9 heteroatoms. The van der Waals surface area contributed by atoms with Gasteiger partial charge in [-0.1, -0.05) is 12.1 Å². The Balaban J connectivity index is 2.24. The molecule has 0 unspecified atom stereocenters. The molecular weight excluding hydrogens is 378 g/mol. The molecule has 1 aromatic carbocycles. The Bertz CT molecular complexity index is 859. The van der Waals surface area contributed by atoms with Crippen LogP contribution in [0.4, 0.5) is 0 Å². The molecule has 0 aliphatic carbocycles. The highest BCUT2D eigenvalue weighted by atomic mass is 16.5. The van der Waals surface area contributed by atoms with E-state index in [0.29, 0.717) is 13.0 Å². The van der Waals surface area contributed by atoms with E-state index >= 15 is 0 Å². The maximum Gasteiger partial charge on any atom is 0.278 e. The van der Waals surface area contributed by atoms with Crippen molar-refractivity contribution in [1.82, 2.24) is 15.7 Å². The molecular formula is C20H25N3O6. The van der Waals surface area contributed by atoms with Gasteiger partial charge in [0.25, 0.3) is 17.7 Å². The normalized spacial score (nSPS) is 12.7. The Morgan fingerprint density at radius 1 is 1.17 bits per heavy atom. The van der Waals surface area contributed by atoms with Gasteiger partial charge in [0.05, 0.1) is 12.9 Å². The first kappa shape index (κ1) is 22.1. The van der Waals surface area contributed by atoms with Crippen LogP contribution in [-0.2, 0) is 20.7 Å². The maximum atomic E-state index is 12.9. The van der Waals surface area contributed by atoms with Crippen molar-refractivity contribution in [3.05, 3.63) is 47.9 Å². The number of ether oxygens (including phenoxy) is 1. The number of carbonyl (C=O) groups excluding carboxylic acids is 3. The Morgan fingerprint density at radius 2 is 1.83 bits per heavy atom. The molecule has 29 heavy (non-hydrogen) atoms. The van der Waals surface area contributed by atoms with E-state index in [-0.39, 0.29) is 5.56 Å².